The standard InChI is InChI=1S/C15H23BrFN/c1-3-5-7-14(6-4-2)18-11-12-8-9-13(16)10-15(12)17/h8-10,14,18H,3-7,11H2,1-2H3. The van der Waals surface area contributed by atoms with E-state index >= 15 is 0 Å². The summed E-state index contributed by atoms with van der Waals surface area (Å²) in [6, 6.07) is 5.77. The highest BCUT2D eigenvalue weighted by molar-refractivity contribution is 9.10. The zero-order valence-corrected chi connectivity index (χ0v) is 12.9. The van der Waals surface area contributed by atoms with E-state index in [0.717, 1.165) is 16.5 Å². The average molecular weight is 316 g/mol. The predicted molar refractivity (Wildman–Crippen MR) is 79.2 cm³/mol. The van der Waals surface area contributed by atoms with E-state index in [1.807, 2.05) is 12.1 Å². The van der Waals surface area contributed by atoms with Crippen molar-refractivity contribution in [2.75, 3.05) is 0 Å². The van der Waals surface area contributed by atoms with Crippen LogP contribution in [-0.2, 0) is 6.54 Å². The molecule has 0 aliphatic rings. The zero-order chi connectivity index (χ0) is 13.4. The normalized spacial score (nSPS) is 12.7. The lowest BCUT2D eigenvalue weighted by molar-refractivity contribution is 0.429. The van der Waals surface area contributed by atoms with Gasteiger partial charge in [-0.3, -0.25) is 0 Å². The molecule has 1 rings (SSSR count). The van der Waals surface area contributed by atoms with E-state index in [1.165, 1.54) is 31.7 Å². The van der Waals surface area contributed by atoms with Crippen LogP contribution in [0.3, 0.4) is 0 Å². The maximum absolute atomic E-state index is 13.7. The molecule has 1 nitrogen and oxygen atoms in total. The van der Waals surface area contributed by atoms with E-state index in [2.05, 4.69) is 35.1 Å². The fraction of sp³-hybridized carbons (Fsp3) is 0.600. The molecule has 1 aromatic rings. The van der Waals surface area contributed by atoms with Gasteiger partial charge < -0.3 is 5.32 Å². The van der Waals surface area contributed by atoms with E-state index < -0.39 is 0 Å². The van der Waals surface area contributed by atoms with Crippen molar-refractivity contribution in [3.63, 3.8) is 0 Å². The maximum atomic E-state index is 13.7. The van der Waals surface area contributed by atoms with Crippen molar-refractivity contribution >= 4 is 15.9 Å². The number of unbranched alkanes of at least 4 members (excludes halogenated alkanes) is 1. The Morgan fingerprint density at radius 1 is 1.22 bits per heavy atom. The summed E-state index contributed by atoms with van der Waals surface area (Å²) in [5.74, 6) is -0.136. The Labute approximate surface area is 118 Å². The highest BCUT2D eigenvalue weighted by Crippen LogP contribution is 2.16. The van der Waals surface area contributed by atoms with Gasteiger partial charge in [0.1, 0.15) is 5.82 Å². The molecular formula is C15H23BrFN. The SMILES string of the molecule is CCCCC(CCC)NCc1ccc(Br)cc1F. The van der Waals surface area contributed by atoms with Crippen LogP contribution in [0, 0.1) is 5.82 Å². The summed E-state index contributed by atoms with van der Waals surface area (Å²) in [6.45, 7) is 5.02. The summed E-state index contributed by atoms with van der Waals surface area (Å²) in [7, 11) is 0. The van der Waals surface area contributed by atoms with Crippen molar-refractivity contribution in [2.24, 2.45) is 0 Å². The minimum absolute atomic E-state index is 0.136. The first kappa shape index (κ1) is 15.6. The first-order valence-corrected chi connectivity index (χ1v) is 7.64. The van der Waals surface area contributed by atoms with E-state index in [4.69, 9.17) is 0 Å². The van der Waals surface area contributed by atoms with Crippen molar-refractivity contribution in [3.8, 4) is 0 Å². The molecule has 1 aromatic carbocycles. The molecule has 0 aliphatic carbocycles. The number of benzene rings is 1. The molecule has 102 valence electrons. The fourth-order valence-corrected chi connectivity index (χ4v) is 2.40. The van der Waals surface area contributed by atoms with Crippen molar-refractivity contribution in [1.29, 1.82) is 0 Å². The van der Waals surface area contributed by atoms with Gasteiger partial charge in [0.25, 0.3) is 0 Å². The van der Waals surface area contributed by atoms with Crippen LogP contribution in [0.25, 0.3) is 0 Å². The average Bonchev–Trinajstić information content (AvgIpc) is 2.34. The topological polar surface area (TPSA) is 12.0 Å². The summed E-state index contributed by atoms with van der Waals surface area (Å²) < 4.78 is 14.5. The van der Waals surface area contributed by atoms with Gasteiger partial charge in [0.05, 0.1) is 0 Å². The Hall–Kier alpha value is -0.410. The molecule has 0 aromatic heterocycles. The second-order valence-corrected chi connectivity index (χ2v) is 5.66. The molecule has 0 heterocycles. The number of rotatable bonds is 8. The van der Waals surface area contributed by atoms with Crippen molar-refractivity contribution < 1.29 is 4.39 Å². The summed E-state index contributed by atoms with van der Waals surface area (Å²) in [4.78, 5) is 0. The molecule has 3 heteroatoms. The largest absolute Gasteiger partial charge is 0.310 e. The van der Waals surface area contributed by atoms with Crippen molar-refractivity contribution in [2.45, 2.75) is 58.5 Å². The van der Waals surface area contributed by atoms with Crippen LogP contribution in [0.1, 0.15) is 51.5 Å². The van der Waals surface area contributed by atoms with Crippen molar-refractivity contribution in [3.05, 3.63) is 34.1 Å². The van der Waals surface area contributed by atoms with E-state index in [-0.39, 0.29) is 5.82 Å². The third-order valence-electron chi connectivity index (χ3n) is 3.14. The van der Waals surface area contributed by atoms with Gasteiger partial charge in [0.2, 0.25) is 0 Å². The van der Waals surface area contributed by atoms with Crippen LogP contribution in [0.4, 0.5) is 4.39 Å². The van der Waals surface area contributed by atoms with Crippen LogP contribution < -0.4 is 5.32 Å². The molecular weight excluding hydrogens is 293 g/mol. The lowest BCUT2D eigenvalue weighted by Crippen LogP contribution is -2.28. The Kier molecular flexibility index (Phi) is 7.52. The van der Waals surface area contributed by atoms with Gasteiger partial charge >= 0.3 is 0 Å². The first-order valence-electron chi connectivity index (χ1n) is 6.84. The number of nitrogens with one attached hydrogen (secondary N) is 1. The van der Waals surface area contributed by atoms with Crippen molar-refractivity contribution in [1.82, 2.24) is 5.32 Å². The number of hydrogen-bond acceptors (Lipinski definition) is 1. The molecule has 0 bridgehead atoms. The Bertz CT molecular complexity index is 354. The minimum atomic E-state index is -0.136. The number of hydrogen-bond donors (Lipinski definition) is 1. The summed E-state index contributed by atoms with van der Waals surface area (Å²) in [5.41, 5.74) is 0.746. The molecule has 1 atom stereocenters. The molecule has 1 unspecified atom stereocenters. The monoisotopic (exact) mass is 315 g/mol. The highest BCUT2D eigenvalue weighted by atomic mass is 79.9. The molecule has 0 fully saturated rings. The second-order valence-electron chi connectivity index (χ2n) is 4.74. The zero-order valence-electron chi connectivity index (χ0n) is 11.3. The molecule has 0 saturated heterocycles. The molecule has 0 amide bonds. The maximum Gasteiger partial charge on any atom is 0.128 e. The summed E-state index contributed by atoms with van der Waals surface area (Å²) in [6.07, 6.45) is 5.97. The number of halogens is 2. The van der Waals surface area contributed by atoms with Gasteiger partial charge in [-0.15, -0.1) is 0 Å². The fourth-order valence-electron chi connectivity index (χ4n) is 2.07. The predicted octanol–water partition coefficient (Wildman–Crippen LogP) is 5.04. The van der Waals surface area contributed by atoms with Gasteiger partial charge in [-0.1, -0.05) is 55.1 Å². The van der Waals surface area contributed by atoms with Gasteiger partial charge in [0, 0.05) is 22.6 Å². The van der Waals surface area contributed by atoms with Gasteiger partial charge in [0.15, 0.2) is 0 Å². The minimum Gasteiger partial charge on any atom is -0.310 e. The molecule has 0 aliphatic heterocycles. The molecule has 1 N–H and O–H groups in total. The second kappa shape index (κ2) is 8.65. The Balaban J connectivity index is 2.49. The van der Waals surface area contributed by atoms with Gasteiger partial charge in [-0.05, 0) is 25.0 Å². The highest BCUT2D eigenvalue weighted by Gasteiger charge is 2.08. The third kappa shape index (κ3) is 5.49. The summed E-state index contributed by atoms with van der Waals surface area (Å²) in [5, 5.41) is 3.48. The van der Waals surface area contributed by atoms with Crippen LogP contribution in [-0.4, -0.2) is 6.04 Å². The van der Waals surface area contributed by atoms with E-state index in [1.54, 1.807) is 0 Å². The first-order chi connectivity index (χ1) is 8.67. The van der Waals surface area contributed by atoms with Crippen LogP contribution >= 0.6 is 15.9 Å². The molecule has 0 saturated carbocycles. The van der Waals surface area contributed by atoms with Crippen LogP contribution in [0.2, 0.25) is 0 Å². The van der Waals surface area contributed by atoms with E-state index in [0.29, 0.717) is 12.6 Å². The summed E-state index contributed by atoms with van der Waals surface area (Å²) >= 11 is 3.27. The third-order valence-corrected chi connectivity index (χ3v) is 3.63. The van der Waals surface area contributed by atoms with Gasteiger partial charge in [-0.2, -0.15) is 0 Å². The van der Waals surface area contributed by atoms with E-state index in [9.17, 15) is 4.39 Å². The molecule has 18 heavy (non-hydrogen) atoms. The smallest absolute Gasteiger partial charge is 0.128 e. The molecule has 0 radical (unpaired) electrons. The van der Waals surface area contributed by atoms with Gasteiger partial charge in [-0.25, -0.2) is 4.39 Å². The Morgan fingerprint density at radius 2 is 2.00 bits per heavy atom. The lowest BCUT2D eigenvalue weighted by atomic mass is 10.0. The molecule has 0 spiro atoms. The lowest BCUT2D eigenvalue weighted by Gasteiger charge is -2.18. The van der Waals surface area contributed by atoms with Crippen LogP contribution in [0.15, 0.2) is 22.7 Å². The Morgan fingerprint density at radius 3 is 2.61 bits per heavy atom. The quantitative estimate of drug-likeness (QED) is 0.709. The van der Waals surface area contributed by atoms with Crippen LogP contribution in [0.5, 0.6) is 0 Å².